The molecule has 0 aliphatic carbocycles. The van der Waals surface area contributed by atoms with Gasteiger partial charge in [0.2, 0.25) is 0 Å². The topological polar surface area (TPSA) is 91.0 Å². The van der Waals surface area contributed by atoms with Crippen LogP contribution in [0, 0.1) is 13.8 Å². The first-order valence-electron chi connectivity index (χ1n) is 9.50. The summed E-state index contributed by atoms with van der Waals surface area (Å²) in [5, 5.41) is 0. The summed E-state index contributed by atoms with van der Waals surface area (Å²) in [6.45, 7) is 6.61. The van der Waals surface area contributed by atoms with E-state index in [1.165, 1.54) is 18.3 Å². The van der Waals surface area contributed by atoms with Crippen molar-refractivity contribution in [3.63, 3.8) is 0 Å². The van der Waals surface area contributed by atoms with Gasteiger partial charge in [0, 0.05) is 38.1 Å². The Balaban J connectivity index is 2.34. The van der Waals surface area contributed by atoms with Crippen molar-refractivity contribution in [3.05, 3.63) is 46.7 Å². The second-order valence-corrected chi connectivity index (χ2v) is 6.64. The fourth-order valence-corrected chi connectivity index (χ4v) is 3.52. The van der Waals surface area contributed by atoms with Gasteiger partial charge in [0.25, 0.3) is 5.91 Å². The van der Waals surface area contributed by atoms with E-state index in [4.69, 9.17) is 13.9 Å². The molecule has 2 aromatic heterocycles. The Labute approximate surface area is 170 Å². The third-order valence-corrected chi connectivity index (χ3v) is 4.87. The van der Waals surface area contributed by atoms with Crippen molar-refractivity contribution in [2.75, 3.05) is 33.9 Å². The fourth-order valence-electron chi connectivity index (χ4n) is 3.52. The zero-order valence-corrected chi connectivity index (χ0v) is 17.6. The van der Waals surface area contributed by atoms with Gasteiger partial charge in [-0.3, -0.25) is 9.59 Å². The minimum Gasteiger partial charge on any atom is -0.464 e. The molecule has 0 unspecified atom stereocenters. The van der Waals surface area contributed by atoms with Crippen LogP contribution in [0.2, 0.25) is 0 Å². The number of aromatic nitrogens is 1. The van der Waals surface area contributed by atoms with Crippen molar-refractivity contribution in [1.29, 1.82) is 0 Å². The normalized spacial score (nSPS) is 10.8. The summed E-state index contributed by atoms with van der Waals surface area (Å²) in [5.41, 5.74) is 2.04. The number of Topliss-reactive ketones (excluding diaryl/α,β-unsaturated/α-hetero) is 1. The Morgan fingerprint density at radius 3 is 2.48 bits per heavy atom. The van der Waals surface area contributed by atoms with Gasteiger partial charge in [0.15, 0.2) is 11.5 Å². The Bertz CT molecular complexity index is 866. The number of carbonyl (C=O) groups excluding carboxylic acids is 3. The molecule has 0 spiro atoms. The van der Waals surface area contributed by atoms with Gasteiger partial charge in [-0.15, -0.1) is 0 Å². The van der Waals surface area contributed by atoms with Crippen LogP contribution in [0.25, 0.3) is 0 Å². The molecule has 0 fully saturated rings. The second-order valence-electron chi connectivity index (χ2n) is 6.64. The lowest BCUT2D eigenvalue weighted by Crippen LogP contribution is -2.37. The number of esters is 1. The maximum absolute atomic E-state index is 13.2. The van der Waals surface area contributed by atoms with Gasteiger partial charge in [-0.25, -0.2) is 4.79 Å². The van der Waals surface area contributed by atoms with Crippen molar-refractivity contribution in [2.24, 2.45) is 0 Å². The molecule has 0 atom stereocenters. The van der Waals surface area contributed by atoms with Gasteiger partial charge in [-0.2, -0.15) is 0 Å². The zero-order valence-electron chi connectivity index (χ0n) is 17.6. The van der Waals surface area contributed by atoms with E-state index in [-0.39, 0.29) is 24.0 Å². The molecule has 29 heavy (non-hydrogen) atoms. The van der Waals surface area contributed by atoms with Crippen LogP contribution in [0.15, 0.2) is 22.8 Å². The number of methoxy groups -OCH3 is 2. The van der Waals surface area contributed by atoms with Crippen molar-refractivity contribution in [2.45, 2.75) is 33.7 Å². The molecule has 2 rings (SSSR count). The first-order valence-corrected chi connectivity index (χ1v) is 9.50. The van der Waals surface area contributed by atoms with Crippen LogP contribution in [-0.4, -0.2) is 61.0 Å². The van der Waals surface area contributed by atoms with Crippen molar-refractivity contribution >= 4 is 17.7 Å². The molecule has 0 radical (unpaired) electrons. The van der Waals surface area contributed by atoms with Gasteiger partial charge < -0.3 is 23.4 Å². The summed E-state index contributed by atoms with van der Waals surface area (Å²) >= 11 is 0. The number of amides is 1. The van der Waals surface area contributed by atoms with Crippen LogP contribution in [0.4, 0.5) is 0 Å². The van der Waals surface area contributed by atoms with E-state index in [9.17, 15) is 14.4 Å². The Hall–Kier alpha value is -2.87. The Morgan fingerprint density at radius 2 is 1.93 bits per heavy atom. The molecule has 0 N–H and O–H groups in total. The van der Waals surface area contributed by atoms with Crippen LogP contribution in [0.1, 0.15) is 56.0 Å². The average molecular weight is 404 g/mol. The van der Waals surface area contributed by atoms with Crippen LogP contribution in [0.5, 0.6) is 0 Å². The average Bonchev–Trinajstić information content (AvgIpc) is 3.32. The lowest BCUT2D eigenvalue weighted by molar-refractivity contribution is 0.0587. The predicted octanol–water partition coefficient (Wildman–Crippen LogP) is 2.87. The van der Waals surface area contributed by atoms with E-state index >= 15 is 0 Å². The monoisotopic (exact) mass is 404 g/mol. The highest BCUT2D eigenvalue weighted by Gasteiger charge is 2.28. The summed E-state index contributed by atoms with van der Waals surface area (Å²) in [7, 11) is 2.89. The molecular formula is C21H28N2O6. The molecule has 8 heteroatoms. The zero-order chi connectivity index (χ0) is 21.6. The van der Waals surface area contributed by atoms with Gasteiger partial charge in [0.05, 0.1) is 19.9 Å². The van der Waals surface area contributed by atoms with Crippen LogP contribution in [-0.2, 0) is 16.0 Å². The largest absolute Gasteiger partial charge is 0.464 e. The summed E-state index contributed by atoms with van der Waals surface area (Å²) in [5.74, 6) is -0.923. The highest BCUT2D eigenvalue weighted by Crippen LogP contribution is 2.24. The molecule has 2 heterocycles. The van der Waals surface area contributed by atoms with Gasteiger partial charge in [-0.1, -0.05) is 0 Å². The number of hydrogen-bond donors (Lipinski definition) is 0. The summed E-state index contributed by atoms with van der Waals surface area (Å²) in [6.07, 6.45) is 2.00. The fraction of sp³-hybridized carbons (Fsp3) is 0.476. The van der Waals surface area contributed by atoms with Crippen LogP contribution in [0.3, 0.4) is 0 Å². The highest BCUT2D eigenvalue weighted by atomic mass is 16.5. The quantitative estimate of drug-likeness (QED) is 0.344. The van der Waals surface area contributed by atoms with E-state index in [2.05, 4.69) is 0 Å². The van der Waals surface area contributed by atoms with Crippen LogP contribution < -0.4 is 0 Å². The molecule has 0 aromatic carbocycles. The molecule has 0 saturated carbocycles. The molecule has 1 amide bonds. The van der Waals surface area contributed by atoms with E-state index in [1.54, 1.807) is 37.7 Å². The number of hydrogen-bond acceptors (Lipinski definition) is 6. The number of ketones is 1. The molecule has 0 bridgehead atoms. The highest BCUT2D eigenvalue weighted by molar-refractivity contribution is 6.05. The van der Waals surface area contributed by atoms with Crippen molar-refractivity contribution in [3.8, 4) is 0 Å². The molecule has 2 aromatic rings. The standard InChI is InChI=1S/C21H28N2O6/c1-6-23-15(3)18(14(2)19(23)21(26)28-5)16(24)13-22(10-8-11-27-4)20(25)17-9-7-12-29-17/h7,9,12H,6,8,10-11,13H2,1-5H3. The first-order chi connectivity index (χ1) is 13.9. The molecule has 0 aliphatic rings. The van der Waals surface area contributed by atoms with E-state index in [1.807, 2.05) is 6.92 Å². The minimum absolute atomic E-state index is 0.126. The molecule has 8 nitrogen and oxygen atoms in total. The summed E-state index contributed by atoms with van der Waals surface area (Å²) in [4.78, 5) is 39.6. The third kappa shape index (κ3) is 4.76. The summed E-state index contributed by atoms with van der Waals surface area (Å²) < 4.78 is 16.9. The minimum atomic E-state index is -0.491. The number of nitrogens with zero attached hydrogens (tertiary/aromatic N) is 2. The van der Waals surface area contributed by atoms with Crippen molar-refractivity contribution < 1.29 is 28.3 Å². The van der Waals surface area contributed by atoms with Crippen LogP contribution >= 0.6 is 0 Å². The van der Waals surface area contributed by atoms with E-state index < -0.39 is 5.97 Å². The lowest BCUT2D eigenvalue weighted by atomic mass is 10.0. The molecule has 0 saturated heterocycles. The third-order valence-electron chi connectivity index (χ3n) is 4.87. The first kappa shape index (κ1) is 22.4. The number of furan rings is 1. The van der Waals surface area contributed by atoms with Gasteiger partial charge >= 0.3 is 5.97 Å². The number of rotatable bonds is 10. The van der Waals surface area contributed by atoms with Gasteiger partial charge in [-0.05, 0) is 44.9 Å². The SMILES string of the molecule is CCn1c(C)c(C(=O)CN(CCCOC)C(=O)c2ccco2)c(C)c1C(=O)OC. The smallest absolute Gasteiger partial charge is 0.354 e. The lowest BCUT2D eigenvalue weighted by Gasteiger charge is -2.21. The predicted molar refractivity (Wildman–Crippen MR) is 106 cm³/mol. The maximum atomic E-state index is 13.2. The number of carbonyl (C=O) groups is 3. The van der Waals surface area contributed by atoms with E-state index in [0.717, 1.165) is 0 Å². The molecule has 0 aliphatic heterocycles. The molecular weight excluding hydrogens is 376 g/mol. The van der Waals surface area contributed by atoms with E-state index in [0.29, 0.717) is 48.6 Å². The molecule has 158 valence electrons. The summed E-state index contributed by atoms with van der Waals surface area (Å²) in [6, 6.07) is 3.19. The maximum Gasteiger partial charge on any atom is 0.354 e. The number of ether oxygens (including phenoxy) is 2. The van der Waals surface area contributed by atoms with Crippen molar-refractivity contribution in [1.82, 2.24) is 9.47 Å². The Kier molecular flexibility index (Phi) is 7.78. The second kappa shape index (κ2) is 10.1. The van der Waals surface area contributed by atoms with Gasteiger partial charge in [0.1, 0.15) is 5.69 Å². The Morgan fingerprint density at radius 1 is 1.21 bits per heavy atom.